The minimum Gasteiger partial charge on any atom is -0.756 e. The largest absolute Gasteiger partial charge is 0.756 e. The molecule has 300 valence electrons. The van der Waals surface area contributed by atoms with Crippen molar-refractivity contribution in [2.75, 3.05) is 47.5 Å². The molecule has 1 fully saturated rings. The van der Waals surface area contributed by atoms with Crippen LogP contribution in [0.4, 0.5) is 0 Å². The van der Waals surface area contributed by atoms with E-state index in [0.29, 0.717) is 24.1 Å². The first kappa shape index (κ1) is 48.0. The topological polar surface area (TPSA) is 77.1 Å². The standard InChI is InChI=1S/C42H86NO6P/c1-6-8-10-12-14-16-18-20-22-24-26-28-30-32-35-42(36-33-31-29-27-25-23-21-19-17-15-13-11-9-7-2)46-40-41(49-42)34-38-47-50(44,45)48-39-37-43(3,4)5/h41H,6-40H2,1-5H3. The van der Waals surface area contributed by atoms with Crippen molar-refractivity contribution in [3.8, 4) is 0 Å². The highest BCUT2D eigenvalue weighted by Crippen LogP contribution is 2.40. The summed E-state index contributed by atoms with van der Waals surface area (Å²) >= 11 is 0. The lowest BCUT2D eigenvalue weighted by Crippen LogP contribution is -2.37. The summed E-state index contributed by atoms with van der Waals surface area (Å²) in [5.41, 5.74) is 0. The maximum atomic E-state index is 12.2. The Morgan fingerprint density at radius 3 is 1.28 bits per heavy atom. The monoisotopic (exact) mass is 732 g/mol. The Kier molecular flexibility index (Phi) is 30.1. The first-order valence-electron chi connectivity index (χ1n) is 21.8. The SMILES string of the molecule is CCCCCCCCCCCCCCCCC1(CCCCCCCCCCCCCCCC)OCC(CCOP(=O)([O-])OCC[N+](C)(C)C)O1. The Bertz CT molecular complexity index is 759. The zero-order chi connectivity index (χ0) is 36.7. The van der Waals surface area contributed by atoms with E-state index in [0.717, 1.165) is 25.7 Å². The summed E-state index contributed by atoms with van der Waals surface area (Å²) in [4.78, 5) is 12.2. The average Bonchev–Trinajstić information content (AvgIpc) is 3.47. The average molecular weight is 732 g/mol. The van der Waals surface area contributed by atoms with Crippen LogP contribution in [0.5, 0.6) is 0 Å². The highest BCUT2D eigenvalue weighted by atomic mass is 31.2. The highest BCUT2D eigenvalue weighted by Gasteiger charge is 2.40. The van der Waals surface area contributed by atoms with Crippen LogP contribution in [-0.4, -0.2) is 63.9 Å². The number of phosphoric acid groups is 1. The Morgan fingerprint density at radius 1 is 0.580 bits per heavy atom. The summed E-state index contributed by atoms with van der Waals surface area (Å²) in [7, 11) is 1.69. The number of phosphoric ester groups is 1. The number of ether oxygens (including phenoxy) is 2. The summed E-state index contributed by atoms with van der Waals surface area (Å²) in [6, 6.07) is 0. The number of hydrogen-bond acceptors (Lipinski definition) is 6. The van der Waals surface area contributed by atoms with E-state index in [4.69, 9.17) is 18.5 Å². The van der Waals surface area contributed by atoms with Crippen LogP contribution in [0.1, 0.15) is 213 Å². The van der Waals surface area contributed by atoms with Crippen LogP contribution in [0.25, 0.3) is 0 Å². The van der Waals surface area contributed by atoms with Crippen LogP contribution in [0.3, 0.4) is 0 Å². The van der Waals surface area contributed by atoms with E-state index in [-0.39, 0.29) is 19.3 Å². The lowest BCUT2D eigenvalue weighted by atomic mass is 9.98. The minimum atomic E-state index is -4.31. The third kappa shape index (κ3) is 29.4. The molecule has 0 aliphatic carbocycles. The van der Waals surface area contributed by atoms with Crippen LogP contribution < -0.4 is 4.89 Å². The Morgan fingerprint density at radius 2 is 0.920 bits per heavy atom. The Balaban J connectivity index is 2.32. The molecular weight excluding hydrogens is 645 g/mol. The van der Waals surface area contributed by atoms with Gasteiger partial charge in [-0.15, -0.1) is 0 Å². The van der Waals surface area contributed by atoms with Crippen molar-refractivity contribution in [3.63, 3.8) is 0 Å². The highest BCUT2D eigenvalue weighted by molar-refractivity contribution is 7.45. The van der Waals surface area contributed by atoms with E-state index in [1.165, 1.54) is 167 Å². The van der Waals surface area contributed by atoms with Crippen LogP contribution in [0.2, 0.25) is 0 Å². The molecule has 0 saturated carbocycles. The van der Waals surface area contributed by atoms with E-state index in [1.807, 2.05) is 21.1 Å². The molecule has 50 heavy (non-hydrogen) atoms. The maximum absolute atomic E-state index is 12.2. The van der Waals surface area contributed by atoms with Gasteiger partial charge in [-0.2, -0.15) is 0 Å². The van der Waals surface area contributed by atoms with Gasteiger partial charge in [0.15, 0.2) is 5.79 Å². The Labute approximate surface area is 311 Å². The van der Waals surface area contributed by atoms with E-state index in [1.54, 1.807) is 0 Å². The first-order valence-corrected chi connectivity index (χ1v) is 23.3. The van der Waals surface area contributed by atoms with Gasteiger partial charge in [0.25, 0.3) is 7.82 Å². The molecule has 0 amide bonds. The van der Waals surface area contributed by atoms with Crippen LogP contribution in [0, 0.1) is 0 Å². The van der Waals surface area contributed by atoms with Crippen molar-refractivity contribution < 1.29 is 32.5 Å². The van der Waals surface area contributed by atoms with Crippen LogP contribution in [-0.2, 0) is 23.1 Å². The molecule has 1 rings (SSSR count). The molecule has 8 heteroatoms. The molecule has 1 heterocycles. The van der Waals surface area contributed by atoms with Gasteiger partial charge in [-0.1, -0.05) is 181 Å². The van der Waals surface area contributed by atoms with Crippen LogP contribution >= 0.6 is 7.82 Å². The zero-order valence-corrected chi connectivity index (χ0v) is 35.1. The molecule has 7 nitrogen and oxygen atoms in total. The third-order valence-corrected chi connectivity index (χ3v) is 11.4. The Hall–Kier alpha value is -0.0100. The van der Waals surface area contributed by atoms with Gasteiger partial charge in [-0.05, 0) is 19.3 Å². The summed E-state index contributed by atoms with van der Waals surface area (Å²) in [5, 5.41) is 0. The number of nitrogens with zero attached hydrogens (tertiary/aromatic N) is 1. The smallest absolute Gasteiger partial charge is 0.268 e. The van der Waals surface area contributed by atoms with Gasteiger partial charge in [-0.3, -0.25) is 4.57 Å². The second kappa shape index (κ2) is 31.4. The van der Waals surface area contributed by atoms with E-state index in [9.17, 15) is 9.46 Å². The number of rotatable bonds is 38. The van der Waals surface area contributed by atoms with Crippen LogP contribution in [0.15, 0.2) is 0 Å². The van der Waals surface area contributed by atoms with Gasteiger partial charge < -0.3 is 27.9 Å². The van der Waals surface area contributed by atoms with Gasteiger partial charge >= 0.3 is 0 Å². The molecule has 0 bridgehead atoms. The fourth-order valence-electron chi connectivity index (χ4n) is 7.08. The van der Waals surface area contributed by atoms with Crippen molar-refractivity contribution in [2.45, 2.75) is 225 Å². The van der Waals surface area contributed by atoms with Gasteiger partial charge in [0.1, 0.15) is 13.2 Å². The maximum Gasteiger partial charge on any atom is 0.268 e. The number of unbranched alkanes of at least 4 members (excludes halogenated alkanes) is 26. The molecule has 1 saturated heterocycles. The summed E-state index contributed by atoms with van der Waals surface area (Å²) in [5.74, 6) is -0.527. The second-order valence-corrected chi connectivity index (χ2v) is 18.0. The molecule has 0 N–H and O–H groups in total. The molecule has 0 aromatic heterocycles. The zero-order valence-electron chi connectivity index (χ0n) is 34.2. The molecule has 2 unspecified atom stereocenters. The summed E-state index contributed by atoms with van der Waals surface area (Å²) in [6.45, 7) is 5.85. The molecule has 0 aromatic carbocycles. The predicted octanol–water partition coefficient (Wildman–Crippen LogP) is 12.4. The van der Waals surface area contributed by atoms with Gasteiger partial charge in [0.05, 0.1) is 40.5 Å². The molecule has 1 aliphatic rings. The number of likely N-dealkylation sites (N-methyl/N-ethyl adjacent to an activating group) is 1. The molecule has 0 spiro atoms. The van der Waals surface area contributed by atoms with Crippen molar-refractivity contribution in [1.82, 2.24) is 0 Å². The predicted molar refractivity (Wildman–Crippen MR) is 210 cm³/mol. The molecular formula is C42H86NO6P. The number of hydrogen-bond donors (Lipinski definition) is 0. The second-order valence-electron chi connectivity index (χ2n) is 16.6. The van der Waals surface area contributed by atoms with E-state index in [2.05, 4.69) is 13.8 Å². The molecule has 2 atom stereocenters. The summed E-state index contributed by atoms with van der Waals surface area (Å²) in [6.07, 6.45) is 40.0. The van der Waals surface area contributed by atoms with Gasteiger partial charge in [0, 0.05) is 12.8 Å². The summed E-state index contributed by atoms with van der Waals surface area (Å²) < 4.78 is 36.1. The first-order chi connectivity index (χ1) is 24.1. The molecule has 0 radical (unpaired) electrons. The quantitative estimate of drug-likeness (QED) is 0.0357. The molecule has 0 aromatic rings. The number of quaternary nitrogens is 1. The van der Waals surface area contributed by atoms with E-state index >= 15 is 0 Å². The van der Waals surface area contributed by atoms with E-state index < -0.39 is 13.6 Å². The normalized spacial score (nSPS) is 17.4. The molecule has 1 aliphatic heterocycles. The van der Waals surface area contributed by atoms with Crippen molar-refractivity contribution in [3.05, 3.63) is 0 Å². The third-order valence-electron chi connectivity index (χ3n) is 10.4. The van der Waals surface area contributed by atoms with Gasteiger partial charge in [-0.25, -0.2) is 0 Å². The van der Waals surface area contributed by atoms with Crippen molar-refractivity contribution in [2.24, 2.45) is 0 Å². The lowest BCUT2D eigenvalue weighted by molar-refractivity contribution is -0.870. The lowest BCUT2D eigenvalue weighted by Gasteiger charge is -2.29. The van der Waals surface area contributed by atoms with Crippen molar-refractivity contribution >= 4 is 7.82 Å². The van der Waals surface area contributed by atoms with Crippen molar-refractivity contribution in [1.29, 1.82) is 0 Å². The minimum absolute atomic E-state index is 0.0625. The van der Waals surface area contributed by atoms with Gasteiger partial charge in [0.2, 0.25) is 0 Å². The fourth-order valence-corrected chi connectivity index (χ4v) is 7.79. The fraction of sp³-hybridized carbons (Fsp3) is 1.00.